The molecule has 0 aromatic rings. The first-order chi connectivity index (χ1) is 12.2. The van der Waals surface area contributed by atoms with Crippen LogP contribution in [0.5, 0.6) is 0 Å². The molecule has 0 aromatic carbocycles. The highest BCUT2D eigenvalue weighted by Crippen LogP contribution is 2.77. The highest BCUT2D eigenvalue weighted by atomic mass is 16.4. The maximum atomic E-state index is 8.87. The lowest BCUT2D eigenvalue weighted by Crippen LogP contribution is -2.61. The van der Waals surface area contributed by atoms with Crippen LogP contribution in [0.3, 0.4) is 0 Å². The molecule has 0 aliphatic heterocycles. The Labute approximate surface area is 196 Å². The third-order valence-corrected chi connectivity index (χ3v) is 5.36. The van der Waals surface area contributed by atoms with E-state index in [1.807, 2.05) is 0 Å². The van der Waals surface area contributed by atoms with Gasteiger partial charge in [-0.2, -0.15) is 0 Å². The Morgan fingerprint density at radius 2 is 0.724 bits per heavy atom. The lowest BCUT2D eigenvalue weighted by atomic mass is 9.00. The van der Waals surface area contributed by atoms with E-state index in [0.717, 1.165) is 0 Å². The molecule has 3 nitrogen and oxygen atoms in total. The molecule has 0 saturated heterocycles. The average molecular weight is 339 g/mol. The minimum Gasteiger partial charge on any atom is -0.409 e. The number of amidine groups is 1. The minimum absolute atomic E-state index is 0.929. The summed E-state index contributed by atoms with van der Waals surface area (Å²) in [6.45, 7) is 0. The van der Waals surface area contributed by atoms with Crippen molar-refractivity contribution < 1.29 is 5.21 Å². The van der Waals surface area contributed by atoms with Crippen molar-refractivity contribution in [2.24, 2.45) is 10.9 Å². The number of nitrogens with zero attached hydrogens (tertiary/aromatic N) is 1. The Morgan fingerprint density at radius 1 is 0.483 bits per heavy atom. The van der Waals surface area contributed by atoms with Crippen LogP contribution in [0.4, 0.5) is 0 Å². The summed E-state index contributed by atoms with van der Waals surface area (Å²) in [4.78, 5) is 0. The molecule has 106 valence electrons. The fraction of sp³-hybridized carbons (Fsp3) is 0.889. The maximum Gasteiger partial charge on any atom is 0.127 e. The second-order valence-corrected chi connectivity index (χ2v) is 7.50. The summed E-state index contributed by atoms with van der Waals surface area (Å²) < 4.78 is 0. The van der Waals surface area contributed by atoms with E-state index in [0.29, 0.717) is 0 Å². The van der Waals surface area contributed by atoms with Crippen molar-refractivity contribution in [1.82, 2.24) is 0 Å². The molecule has 0 rings (SSSR count). The number of nitrogens with two attached hydrogens (primary N) is 1. The van der Waals surface area contributed by atoms with Crippen LogP contribution in [0.1, 0.15) is 0 Å². The first kappa shape index (κ1) is 29.4. The van der Waals surface area contributed by atoms with E-state index in [1.54, 1.807) is 0 Å². The minimum atomic E-state index is -2.94. The van der Waals surface area contributed by atoms with Gasteiger partial charge in [0.2, 0.25) is 0 Å². The molecule has 0 heterocycles. The van der Waals surface area contributed by atoms with Gasteiger partial charge in [0.05, 0.1) is 110 Å². The standard InChI is InChI=1S/C9H3B17N2O/c10-2(11,1(27)28-29)3(12,13)4(14,15)5(16,17)6(18,19)7(20,21)8(22,23)9(24,25)26/h29H,(H2,27,28). The summed E-state index contributed by atoms with van der Waals surface area (Å²) in [5.41, 5.74) is 5.39. The molecular weight excluding hydrogens is 336 g/mol. The van der Waals surface area contributed by atoms with Crippen LogP contribution in [0.15, 0.2) is 5.16 Å². The highest BCUT2D eigenvalue weighted by molar-refractivity contribution is 6.75. The Morgan fingerprint density at radius 3 is 0.966 bits per heavy atom. The molecule has 0 saturated carbocycles. The third kappa shape index (κ3) is 3.87. The summed E-state index contributed by atoms with van der Waals surface area (Å²) in [5, 5.41) is -10.8. The molecule has 0 atom stereocenters. The molecule has 0 spiro atoms. The summed E-state index contributed by atoms with van der Waals surface area (Å²) >= 11 is 0. The third-order valence-electron chi connectivity index (χ3n) is 5.36. The number of oxime groups is 1. The van der Waals surface area contributed by atoms with E-state index in [-0.39, 0.29) is 0 Å². The molecule has 0 aliphatic rings. The van der Waals surface area contributed by atoms with Gasteiger partial charge in [-0.15, -0.1) is 36.4 Å². The lowest BCUT2D eigenvalue weighted by molar-refractivity contribution is 0.314. The molecule has 0 fully saturated rings. The van der Waals surface area contributed by atoms with E-state index in [2.05, 4.69) is 5.16 Å². The zero-order valence-electron chi connectivity index (χ0n) is 15.8. The molecule has 3 N–H and O–H groups in total. The summed E-state index contributed by atoms with van der Waals surface area (Å²) in [6, 6.07) is 0. The van der Waals surface area contributed by atoms with Gasteiger partial charge >= 0.3 is 0 Å². The largest absolute Gasteiger partial charge is 0.409 e. The van der Waals surface area contributed by atoms with Crippen LogP contribution < -0.4 is 5.73 Å². The van der Waals surface area contributed by atoms with E-state index >= 15 is 0 Å². The monoisotopic (exact) mass is 342 g/mol. The van der Waals surface area contributed by atoms with Crippen LogP contribution in [0, 0.1) is 0 Å². The second kappa shape index (κ2) is 7.75. The van der Waals surface area contributed by atoms with Crippen molar-refractivity contribution in [2.45, 2.75) is 41.6 Å². The van der Waals surface area contributed by atoms with Crippen LogP contribution in [-0.2, 0) is 0 Å². The number of hydrogen-bond donors (Lipinski definition) is 2. The molecule has 0 aliphatic carbocycles. The van der Waals surface area contributed by atoms with E-state index in [9.17, 15) is 0 Å². The first-order valence-corrected chi connectivity index (χ1v) is 7.62. The van der Waals surface area contributed by atoms with Gasteiger partial charge in [-0.1, -0.05) is 10.4 Å². The van der Waals surface area contributed by atoms with Crippen molar-refractivity contribution in [3.8, 4) is 0 Å². The van der Waals surface area contributed by atoms with Crippen molar-refractivity contribution in [3.05, 3.63) is 0 Å². The van der Waals surface area contributed by atoms with Gasteiger partial charge in [-0.3, -0.25) is 0 Å². The molecule has 0 aromatic heterocycles. The Hall–Kier alpha value is 0.374. The van der Waals surface area contributed by atoms with Crippen LogP contribution in [-0.4, -0.2) is 144 Å². The predicted molar refractivity (Wildman–Crippen MR) is 133 cm³/mol. The van der Waals surface area contributed by atoms with Crippen LogP contribution >= 0.6 is 0 Å². The van der Waals surface area contributed by atoms with Crippen molar-refractivity contribution in [2.75, 3.05) is 0 Å². The van der Waals surface area contributed by atoms with Gasteiger partial charge in [-0.25, -0.2) is 0 Å². The van der Waals surface area contributed by atoms with Gasteiger partial charge in [0, 0.05) is 23.5 Å². The highest BCUT2D eigenvalue weighted by Gasteiger charge is 2.61. The Bertz CT molecular complexity index is 648. The molecule has 29 heavy (non-hydrogen) atoms. The summed E-state index contributed by atoms with van der Waals surface area (Å²) in [7, 11) is 99.0. The average Bonchev–Trinajstić information content (AvgIpc) is 2.51. The van der Waals surface area contributed by atoms with Crippen LogP contribution in [0.25, 0.3) is 0 Å². The van der Waals surface area contributed by atoms with Gasteiger partial charge < -0.3 is 10.9 Å². The number of rotatable bonds is 8. The summed E-state index contributed by atoms with van der Waals surface area (Å²) in [6.07, 6.45) is 0. The van der Waals surface area contributed by atoms with Crippen molar-refractivity contribution in [3.63, 3.8) is 0 Å². The lowest BCUT2D eigenvalue weighted by Gasteiger charge is -2.74. The molecule has 0 unspecified atom stereocenters. The van der Waals surface area contributed by atoms with E-state index in [1.165, 1.54) is 0 Å². The van der Waals surface area contributed by atoms with E-state index < -0.39 is 47.4 Å². The molecule has 0 amide bonds. The van der Waals surface area contributed by atoms with Gasteiger partial charge in [0.25, 0.3) is 0 Å². The first-order valence-electron chi connectivity index (χ1n) is 7.62. The van der Waals surface area contributed by atoms with Gasteiger partial charge in [0.15, 0.2) is 0 Å². The molecule has 0 bridgehead atoms. The Kier molecular flexibility index (Phi) is 7.85. The van der Waals surface area contributed by atoms with Crippen LogP contribution in [0.2, 0.25) is 41.6 Å². The smallest absolute Gasteiger partial charge is 0.127 e. The fourth-order valence-corrected chi connectivity index (χ4v) is 2.36. The fourth-order valence-electron chi connectivity index (χ4n) is 2.36. The second-order valence-electron chi connectivity index (χ2n) is 7.50. The zero-order valence-corrected chi connectivity index (χ0v) is 15.8. The normalized spacial score (nSPS) is 16.3. The number of hydrogen-bond acceptors (Lipinski definition) is 2. The van der Waals surface area contributed by atoms with Gasteiger partial charge in [-0.05, 0) is 0 Å². The van der Waals surface area contributed by atoms with Gasteiger partial charge in [0.1, 0.15) is 5.84 Å². The molecule has 34 radical (unpaired) electrons. The summed E-state index contributed by atoms with van der Waals surface area (Å²) in [5.74, 6) is -0.929. The molecular formula is C9H3B17N2O. The van der Waals surface area contributed by atoms with Crippen molar-refractivity contribution >= 4 is 139 Å². The van der Waals surface area contributed by atoms with Crippen molar-refractivity contribution in [1.29, 1.82) is 0 Å². The van der Waals surface area contributed by atoms with E-state index in [4.69, 9.17) is 144 Å². The SMILES string of the molecule is [B]C([B])([B])C([B])([B])C([B])([B])C([B])([B])C([B])([B])C([B])([B])C([B])([B])C([B])([B])C(N)=NO. The topological polar surface area (TPSA) is 58.6 Å². The zero-order chi connectivity index (χ0) is 24.3. The molecule has 20 heteroatoms. The predicted octanol–water partition coefficient (Wildman–Crippen LogP) is -5.52. The quantitative estimate of drug-likeness (QED) is 0.152. The Balaban J connectivity index is 6.81. The maximum absolute atomic E-state index is 8.87.